The van der Waals surface area contributed by atoms with Crippen molar-refractivity contribution in [1.82, 2.24) is 10.3 Å². The molecule has 94 valence electrons. The van der Waals surface area contributed by atoms with Crippen LogP contribution in [0.25, 0.3) is 0 Å². The topological polar surface area (TPSA) is 34.2 Å². The predicted molar refractivity (Wildman–Crippen MR) is 64.0 cm³/mol. The van der Waals surface area contributed by atoms with Crippen molar-refractivity contribution in [3.63, 3.8) is 0 Å². The first-order valence-corrected chi connectivity index (χ1v) is 6.18. The van der Waals surface area contributed by atoms with E-state index in [1.54, 1.807) is 6.07 Å². The van der Waals surface area contributed by atoms with Crippen LogP contribution in [0.5, 0.6) is 0 Å². The second-order valence-corrected chi connectivity index (χ2v) is 4.60. The number of pyridine rings is 1. The van der Waals surface area contributed by atoms with Crippen molar-refractivity contribution >= 4 is 0 Å². The summed E-state index contributed by atoms with van der Waals surface area (Å²) in [5, 5.41) is 3.39. The number of rotatable bonds is 4. The normalized spacial score (nSPS) is 22.4. The Kier molecular flexibility index (Phi) is 4.45. The quantitative estimate of drug-likeness (QED) is 0.816. The van der Waals surface area contributed by atoms with Crippen LogP contribution in [0, 0.1) is 11.9 Å². The third-order valence-electron chi connectivity index (χ3n) is 3.28. The van der Waals surface area contributed by atoms with Crippen molar-refractivity contribution in [3.05, 3.63) is 29.8 Å². The summed E-state index contributed by atoms with van der Waals surface area (Å²) in [7, 11) is 0. The van der Waals surface area contributed by atoms with Crippen LogP contribution < -0.4 is 5.32 Å². The number of halogens is 1. The minimum atomic E-state index is -0.419. The molecule has 0 radical (unpaired) electrons. The second kappa shape index (κ2) is 6.07. The highest BCUT2D eigenvalue weighted by molar-refractivity contribution is 5.04. The molecule has 2 rings (SSSR count). The molecule has 2 atom stereocenters. The minimum absolute atomic E-state index is 0.375. The average molecular weight is 238 g/mol. The maximum Gasteiger partial charge on any atom is 0.213 e. The third-order valence-corrected chi connectivity index (χ3v) is 3.28. The van der Waals surface area contributed by atoms with Crippen LogP contribution in [0.2, 0.25) is 0 Å². The molecule has 0 aliphatic carbocycles. The molecule has 0 amide bonds. The molecule has 2 heterocycles. The molecule has 1 N–H and O–H groups in total. The number of nitrogens with one attached hydrogen (secondary N) is 1. The van der Waals surface area contributed by atoms with Crippen LogP contribution in [0.3, 0.4) is 0 Å². The van der Waals surface area contributed by atoms with Gasteiger partial charge in [0.2, 0.25) is 5.95 Å². The molecule has 0 aromatic carbocycles. The average Bonchev–Trinajstić information content (AvgIpc) is 2.37. The van der Waals surface area contributed by atoms with Gasteiger partial charge >= 0.3 is 0 Å². The van der Waals surface area contributed by atoms with E-state index in [4.69, 9.17) is 4.74 Å². The van der Waals surface area contributed by atoms with Crippen LogP contribution >= 0.6 is 0 Å². The lowest BCUT2D eigenvalue weighted by molar-refractivity contribution is 0.0417. The smallest absolute Gasteiger partial charge is 0.213 e. The molecular formula is C13H19FN2O. The van der Waals surface area contributed by atoms with Gasteiger partial charge in [-0.3, -0.25) is 0 Å². The summed E-state index contributed by atoms with van der Waals surface area (Å²) in [5.41, 5.74) is 0.744. The SMILES string of the molecule is C[C@H](NCc1cccc(F)n1)[C@H]1CCCOC1. The van der Waals surface area contributed by atoms with Gasteiger partial charge in [0.15, 0.2) is 0 Å². The van der Waals surface area contributed by atoms with Gasteiger partial charge in [-0.1, -0.05) is 6.07 Å². The molecule has 3 nitrogen and oxygen atoms in total. The van der Waals surface area contributed by atoms with Crippen molar-refractivity contribution in [3.8, 4) is 0 Å². The lowest BCUT2D eigenvalue weighted by Gasteiger charge is -2.28. The monoisotopic (exact) mass is 238 g/mol. The Balaban J connectivity index is 1.80. The van der Waals surface area contributed by atoms with E-state index in [2.05, 4.69) is 17.2 Å². The summed E-state index contributed by atoms with van der Waals surface area (Å²) < 4.78 is 18.3. The van der Waals surface area contributed by atoms with E-state index >= 15 is 0 Å². The van der Waals surface area contributed by atoms with Gasteiger partial charge in [-0.25, -0.2) is 4.98 Å². The molecule has 1 aliphatic rings. The highest BCUT2D eigenvalue weighted by Crippen LogP contribution is 2.17. The van der Waals surface area contributed by atoms with E-state index in [0.29, 0.717) is 18.5 Å². The van der Waals surface area contributed by atoms with Gasteiger partial charge < -0.3 is 10.1 Å². The summed E-state index contributed by atoms with van der Waals surface area (Å²) in [5.74, 6) is 0.135. The van der Waals surface area contributed by atoms with Crippen LogP contribution in [0.15, 0.2) is 18.2 Å². The molecule has 0 unspecified atom stereocenters. The molecular weight excluding hydrogens is 219 g/mol. The first-order chi connectivity index (χ1) is 8.25. The largest absolute Gasteiger partial charge is 0.381 e. The Morgan fingerprint density at radius 1 is 1.59 bits per heavy atom. The lowest BCUT2D eigenvalue weighted by Crippen LogP contribution is -2.37. The Hall–Kier alpha value is -1.00. The van der Waals surface area contributed by atoms with Gasteiger partial charge in [0.05, 0.1) is 12.3 Å². The van der Waals surface area contributed by atoms with Gasteiger partial charge in [0.1, 0.15) is 0 Å². The lowest BCUT2D eigenvalue weighted by atomic mass is 9.95. The van der Waals surface area contributed by atoms with E-state index in [9.17, 15) is 4.39 Å². The summed E-state index contributed by atoms with van der Waals surface area (Å²) >= 11 is 0. The molecule has 1 aromatic heterocycles. The molecule has 1 aromatic rings. The van der Waals surface area contributed by atoms with Crippen LogP contribution in [0.1, 0.15) is 25.5 Å². The van der Waals surface area contributed by atoms with Crippen molar-refractivity contribution in [2.75, 3.05) is 13.2 Å². The summed E-state index contributed by atoms with van der Waals surface area (Å²) in [6.07, 6.45) is 2.33. The van der Waals surface area contributed by atoms with E-state index in [1.807, 2.05) is 6.07 Å². The Labute approximate surface area is 101 Å². The Morgan fingerprint density at radius 2 is 2.47 bits per heavy atom. The maximum atomic E-state index is 12.9. The van der Waals surface area contributed by atoms with Crippen LogP contribution in [-0.2, 0) is 11.3 Å². The molecule has 0 saturated carbocycles. The highest BCUT2D eigenvalue weighted by atomic mass is 19.1. The molecule has 0 bridgehead atoms. The number of aromatic nitrogens is 1. The van der Waals surface area contributed by atoms with Crippen LogP contribution in [-0.4, -0.2) is 24.2 Å². The number of hydrogen-bond acceptors (Lipinski definition) is 3. The van der Waals surface area contributed by atoms with Crippen molar-refractivity contribution < 1.29 is 9.13 Å². The van der Waals surface area contributed by atoms with Crippen LogP contribution in [0.4, 0.5) is 4.39 Å². The fourth-order valence-corrected chi connectivity index (χ4v) is 2.14. The van der Waals surface area contributed by atoms with Gasteiger partial charge in [-0.15, -0.1) is 0 Å². The Bertz CT molecular complexity index is 353. The van der Waals surface area contributed by atoms with E-state index in [1.165, 1.54) is 12.5 Å². The van der Waals surface area contributed by atoms with E-state index < -0.39 is 5.95 Å². The first kappa shape index (κ1) is 12.5. The molecule has 1 fully saturated rings. The third kappa shape index (κ3) is 3.75. The molecule has 4 heteroatoms. The predicted octanol–water partition coefficient (Wildman–Crippen LogP) is 2.13. The number of ether oxygens (including phenoxy) is 1. The number of nitrogens with zero attached hydrogens (tertiary/aromatic N) is 1. The summed E-state index contributed by atoms with van der Waals surface area (Å²) in [6.45, 7) is 4.47. The molecule has 17 heavy (non-hydrogen) atoms. The van der Waals surface area contributed by atoms with Gasteiger partial charge in [0.25, 0.3) is 0 Å². The van der Waals surface area contributed by atoms with E-state index in [0.717, 1.165) is 25.3 Å². The van der Waals surface area contributed by atoms with Crippen molar-refractivity contribution in [1.29, 1.82) is 0 Å². The zero-order chi connectivity index (χ0) is 12.1. The fraction of sp³-hybridized carbons (Fsp3) is 0.615. The van der Waals surface area contributed by atoms with E-state index in [-0.39, 0.29) is 0 Å². The summed E-state index contributed by atoms with van der Waals surface area (Å²) in [4.78, 5) is 3.83. The Morgan fingerprint density at radius 3 is 3.18 bits per heavy atom. The maximum absolute atomic E-state index is 12.9. The van der Waals surface area contributed by atoms with Crippen molar-refractivity contribution in [2.24, 2.45) is 5.92 Å². The first-order valence-electron chi connectivity index (χ1n) is 6.18. The molecule has 0 spiro atoms. The minimum Gasteiger partial charge on any atom is -0.381 e. The second-order valence-electron chi connectivity index (χ2n) is 4.60. The van der Waals surface area contributed by atoms with Gasteiger partial charge in [-0.2, -0.15) is 4.39 Å². The van der Waals surface area contributed by atoms with Gasteiger partial charge in [0, 0.05) is 19.2 Å². The molecule has 1 aliphatic heterocycles. The fourth-order valence-electron chi connectivity index (χ4n) is 2.14. The van der Waals surface area contributed by atoms with Crippen molar-refractivity contribution in [2.45, 2.75) is 32.4 Å². The molecule has 1 saturated heterocycles. The highest BCUT2D eigenvalue weighted by Gasteiger charge is 2.20. The van der Waals surface area contributed by atoms with Gasteiger partial charge in [-0.05, 0) is 37.8 Å². The standard InChI is InChI=1S/C13H19FN2O/c1-10(11-4-3-7-17-9-11)15-8-12-5-2-6-13(14)16-12/h2,5-6,10-11,15H,3-4,7-9H2,1H3/t10-,11-/m0/s1. The summed E-state index contributed by atoms with van der Waals surface area (Å²) in [6, 6.07) is 5.26. The zero-order valence-corrected chi connectivity index (χ0v) is 10.2. The zero-order valence-electron chi connectivity index (χ0n) is 10.2. The number of hydrogen-bond donors (Lipinski definition) is 1.